The minimum Gasteiger partial charge on any atom is -0.318 e. The van der Waals surface area contributed by atoms with Gasteiger partial charge in [-0.1, -0.05) is 35.6 Å². The molecule has 0 bridgehead atoms. The number of hydrogen-bond donors (Lipinski definition) is 0. The van der Waals surface area contributed by atoms with Gasteiger partial charge in [-0.05, 0) is 26.0 Å². The molecule has 0 amide bonds. The van der Waals surface area contributed by atoms with Gasteiger partial charge >= 0.3 is 0 Å². The molecule has 0 unspecified atom stereocenters. The Hall–Kier alpha value is -2.80. The van der Waals surface area contributed by atoms with E-state index in [1.165, 1.54) is 6.07 Å². The van der Waals surface area contributed by atoms with Crippen molar-refractivity contribution in [2.45, 2.75) is 13.8 Å². The van der Waals surface area contributed by atoms with Gasteiger partial charge in [0.15, 0.2) is 0 Å². The highest BCUT2D eigenvalue weighted by Crippen LogP contribution is 2.20. The predicted molar refractivity (Wildman–Crippen MR) is 96.4 cm³/mol. The van der Waals surface area contributed by atoms with Gasteiger partial charge in [-0.3, -0.25) is 10.1 Å². The summed E-state index contributed by atoms with van der Waals surface area (Å²) in [4.78, 5) is 11.5. The Morgan fingerprint density at radius 2 is 2.00 bits per heavy atom. The average Bonchev–Trinajstić information content (AvgIpc) is 2.89. The van der Waals surface area contributed by atoms with Gasteiger partial charge < -0.3 is 4.57 Å². The molecule has 0 radical (unpaired) electrons. The lowest BCUT2D eigenvalue weighted by atomic mass is 10.1. The Morgan fingerprint density at radius 1 is 1.25 bits per heavy atom. The second-order valence-electron chi connectivity index (χ2n) is 5.46. The summed E-state index contributed by atoms with van der Waals surface area (Å²) in [6, 6.07) is 13.1. The van der Waals surface area contributed by atoms with Crippen LogP contribution < -0.4 is 4.80 Å². The minimum atomic E-state index is -0.380. The first-order valence-corrected chi connectivity index (χ1v) is 8.17. The van der Waals surface area contributed by atoms with Gasteiger partial charge in [-0.25, -0.2) is 0 Å². The molecule has 6 nitrogen and oxygen atoms in total. The van der Waals surface area contributed by atoms with Crippen molar-refractivity contribution in [2.24, 2.45) is 17.3 Å². The standard InChI is InChI=1S/C17H16N4O2S/c1-11-8-9-13(10-15(11)21(22)23)12(2)18-19-17-20(3)14-6-4-5-7-16(14)24-17/h4-10H,1-3H3. The SMILES string of the molecule is CC(=NN=c1sc2ccccc2n1C)c1ccc(C)c([N+](=O)[O-])c1. The van der Waals surface area contributed by atoms with Crippen molar-refractivity contribution in [3.63, 3.8) is 0 Å². The summed E-state index contributed by atoms with van der Waals surface area (Å²) in [5, 5.41) is 19.6. The number of rotatable bonds is 3. The maximum atomic E-state index is 11.1. The lowest BCUT2D eigenvalue weighted by molar-refractivity contribution is -0.385. The summed E-state index contributed by atoms with van der Waals surface area (Å²) in [5.41, 5.74) is 3.15. The lowest BCUT2D eigenvalue weighted by Gasteiger charge is -2.01. The zero-order chi connectivity index (χ0) is 17.3. The third-order valence-corrected chi connectivity index (χ3v) is 4.93. The summed E-state index contributed by atoms with van der Waals surface area (Å²) >= 11 is 1.55. The van der Waals surface area contributed by atoms with Crippen LogP contribution in [0.1, 0.15) is 18.1 Å². The molecule has 0 fully saturated rings. The number of benzene rings is 2. The van der Waals surface area contributed by atoms with Gasteiger partial charge in [-0.15, -0.1) is 5.10 Å². The van der Waals surface area contributed by atoms with Crippen LogP contribution in [0.25, 0.3) is 10.2 Å². The van der Waals surface area contributed by atoms with Crippen LogP contribution in [0.2, 0.25) is 0 Å². The largest absolute Gasteiger partial charge is 0.318 e. The normalized spacial score (nSPS) is 12.8. The van der Waals surface area contributed by atoms with E-state index in [0.717, 1.165) is 15.0 Å². The van der Waals surface area contributed by atoms with Gasteiger partial charge in [0.2, 0.25) is 4.80 Å². The van der Waals surface area contributed by atoms with Crippen LogP contribution in [0, 0.1) is 17.0 Å². The quantitative estimate of drug-likeness (QED) is 0.413. The highest BCUT2D eigenvalue weighted by Gasteiger charge is 2.12. The maximum absolute atomic E-state index is 11.1. The monoisotopic (exact) mass is 340 g/mol. The smallest absolute Gasteiger partial charge is 0.272 e. The van der Waals surface area contributed by atoms with Crippen molar-refractivity contribution in [1.29, 1.82) is 0 Å². The van der Waals surface area contributed by atoms with Crippen molar-refractivity contribution < 1.29 is 4.92 Å². The number of nitro benzene ring substituents is 1. The molecule has 7 heteroatoms. The molecule has 3 aromatic rings. The van der Waals surface area contributed by atoms with E-state index in [9.17, 15) is 10.1 Å². The molecule has 0 aliphatic heterocycles. The Labute approximate surface area is 142 Å². The van der Waals surface area contributed by atoms with Gasteiger partial charge in [0, 0.05) is 24.2 Å². The number of thiazole rings is 1. The van der Waals surface area contributed by atoms with Crippen LogP contribution in [0.3, 0.4) is 0 Å². The fraction of sp³-hybridized carbons (Fsp3) is 0.176. The van der Waals surface area contributed by atoms with Crippen LogP contribution in [-0.4, -0.2) is 15.2 Å². The molecule has 3 rings (SSSR count). The molecule has 1 heterocycles. The Balaban J connectivity index is 2.03. The molecule has 0 aliphatic carbocycles. The number of aromatic nitrogens is 1. The topological polar surface area (TPSA) is 72.8 Å². The van der Waals surface area contributed by atoms with Crippen LogP contribution in [0.5, 0.6) is 0 Å². The van der Waals surface area contributed by atoms with Crippen molar-refractivity contribution in [3.05, 3.63) is 68.5 Å². The molecule has 0 N–H and O–H groups in total. The molecule has 2 aromatic carbocycles. The lowest BCUT2D eigenvalue weighted by Crippen LogP contribution is -2.09. The molecule has 0 saturated carbocycles. The fourth-order valence-electron chi connectivity index (χ4n) is 2.38. The summed E-state index contributed by atoms with van der Waals surface area (Å²) < 4.78 is 3.12. The first kappa shape index (κ1) is 16.1. The first-order chi connectivity index (χ1) is 11.5. The summed E-state index contributed by atoms with van der Waals surface area (Å²) in [7, 11) is 1.94. The van der Waals surface area contributed by atoms with Crippen LogP contribution >= 0.6 is 11.3 Å². The zero-order valence-corrected chi connectivity index (χ0v) is 14.4. The van der Waals surface area contributed by atoms with E-state index in [1.807, 2.05) is 41.9 Å². The Bertz CT molecular complexity index is 1030. The maximum Gasteiger partial charge on any atom is 0.272 e. The molecular weight excluding hydrogens is 324 g/mol. The van der Waals surface area contributed by atoms with E-state index >= 15 is 0 Å². The van der Waals surface area contributed by atoms with Crippen LogP contribution in [-0.2, 0) is 7.05 Å². The van der Waals surface area contributed by atoms with Crippen molar-refractivity contribution in [2.75, 3.05) is 0 Å². The number of aryl methyl sites for hydroxylation is 2. The summed E-state index contributed by atoms with van der Waals surface area (Å²) in [5.74, 6) is 0. The molecule has 122 valence electrons. The second-order valence-corrected chi connectivity index (χ2v) is 6.46. The van der Waals surface area contributed by atoms with E-state index in [4.69, 9.17) is 0 Å². The zero-order valence-electron chi connectivity index (χ0n) is 13.6. The summed E-state index contributed by atoms with van der Waals surface area (Å²) in [6.45, 7) is 3.52. The number of fused-ring (bicyclic) bond motifs is 1. The second kappa shape index (κ2) is 6.37. The van der Waals surface area contributed by atoms with Crippen molar-refractivity contribution in [3.8, 4) is 0 Å². The fourth-order valence-corrected chi connectivity index (χ4v) is 3.35. The number of para-hydroxylation sites is 1. The van der Waals surface area contributed by atoms with Crippen LogP contribution in [0.4, 0.5) is 5.69 Å². The molecular formula is C17H16N4O2S. The number of nitro groups is 1. The third kappa shape index (κ3) is 2.98. The molecule has 0 spiro atoms. The molecule has 0 saturated heterocycles. The summed E-state index contributed by atoms with van der Waals surface area (Å²) in [6.07, 6.45) is 0. The minimum absolute atomic E-state index is 0.0921. The number of nitrogens with zero attached hydrogens (tertiary/aromatic N) is 4. The van der Waals surface area contributed by atoms with E-state index < -0.39 is 0 Å². The molecule has 24 heavy (non-hydrogen) atoms. The van der Waals surface area contributed by atoms with Gasteiger partial charge in [0.25, 0.3) is 5.69 Å². The Morgan fingerprint density at radius 3 is 2.71 bits per heavy atom. The molecule has 0 aliphatic rings. The first-order valence-electron chi connectivity index (χ1n) is 7.35. The van der Waals surface area contributed by atoms with E-state index in [0.29, 0.717) is 16.8 Å². The predicted octanol–water partition coefficient (Wildman–Crippen LogP) is 3.78. The average molecular weight is 340 g/mol. The van der Waals surface area contributed by atoms with E-state index in [-0.39, 0.29) is 10.6 Å². The van der Waals surface area contributed by atoms with E-state index in [1.54, 1.807) is 31.3 Å². The highest BCUT2D eigenvalue weighted by molar-refractivity contribution is 7.16. The molecule has 1 aromatic heterocycles. The third-order valence-electron chi connectivity index (χ3n) is 3.82. The Kier molecular flexibility index (Phi) is 4.26. The van der Waals surface area contributed by atoms with E-state index in [2.05, 4.69) is 10.2 Å². The molecule has 0 atom stereocenters. The number of hydrogen-bond acceptors (Lipinski definition) is 5. The van der Waals surface area contributed by atoms with Gasteiger partial charge in [-0.2, -0.15) is 5.10 Å². The highest BCUT2D eigenvalue weighted by atomic mass is 32.1. The van der Waals surface area contributed by atoms with Gasteiger partial charge in [0.05, 0.1) is 20.9 Å². The van der Waals surface area contributed by atoms with Crippen LogP contribution in [0.15, 0.2) is 52.7 Å². The van der Waals surface area contributed by atoms with Gasteiger partial charge in [0.1, 0.15) is 0 Å². The van der Waals surface area contributed by atoms with Crippen molar-refractivity contribution in [1.82, 2.24) is 4.57 Å². The van der Waals surface area contributed by atoms with Crippen molar-refractivity contribution >= 4 is 33.0 Å².